The number of carbonyl (C=O) groups is 1. The lowest BCUT2D eigenvalue weighted by Crippen LogP contribution is -2.54. The third-order valence-electron chi connectivity index (χ3n) is 4.05. The minimum Gasteiger partial charge on any atom is -0.394 e. The molecule has 5 heteroatoms. The summed E-state index contributed by atoms with van der Waals surface area (Å²) in [6.45, 7) is 2.91. The molecule has 1 aliphatic rings. The molecule has 1 amide bonds. The number of aliphatic hydroxyl groups is 2. The van der Waals surface area contributed by atoms with Gasteiger partial charge in [-0.1, -0.05) is 19.1 Å². The van der Waals surface area contributed by atoms with Gasteiger partial charge in [-0.2, -0.15) is 0 Å². The van der Waals surface area contributed by atoms with Crippen molar-refractivity contribution in [3.63, 3.8) is 0 Å². The molecular weight excluding hydrogens is 256 g/mol. The Bertz CT molecular complexity index is 476. The number of benzene rings is 1. The van der Waals surface area contributed by atoms with Crippen LogP contribution in [0.25, 0.3) is 0 Å². The van der Waals surface area contributed by atoms with Crippen LogP contribution in [0.1, 0.15) is 34.8 Å². The molecule has 0 fully saturated rings. The van der Waals surface area contributed by atoms with Crippen LogP contribution in [-0.2, 0) is 13.0 Å². The normalized spacial score (nSPS) is 14.8. The molecule has 110 valence electrons. The van der Waals surface area contributed by atoms with Gasteiger partial charge < -0.3 is 20.8 Å². The number of rotatable bonds is 5. The summed E-state index contributed by atoms with van der Waals surface area (Å²) in [5.41, 5.74) is 1.89. The maximum absolute atomic E-state index is 12.5. The zero-order valence-corrected chi connectivity index (χ0v) is 11.8. The molecule has 0 atom stereocenters. The van der Waals surface area contributed by atoms with Crippen LogP contribution in [0, 0.1) is 0 Å². The second-order valence-corrected chi connectivity index (χ2v) is 5.27. The van der Waals surface area contributed by atoms with Crippen LogP contribution in [0.4, 0.5) is 0 Å². The molecule has 2 rings (SSSR count). The summed E-state index contributed by atoms with van der Waals surface area (Å²) in [5, 5.41) is 24.9. The van der Waals surface area contributed by atoms with Gasteiger partial charge in [-0.25, -0.2) is 0 Å². The fourth-order valence-corrected chi connectivity index (χ4v) is 2.49. The second kappa shape index (κ2) is 6.35. The number of hydrogen-bond acceptors (Lipinski definition) is 4. The van der Waals surface area contributed by atoms with E-state index in [4.69, 9.17) is 0 Å². The fourth-order valence-electron chi connectivity index (χ4n) is 2.49. The minimum absolute atomic E-state index is 0.228. The highest BCUT2D eigenvalue weighted by Crippen LogP contribution is 2.20. The Labute approximate surface area is 119 Å². The highest BCUT2D eigenvalue weighted by atomic mass is 16.3. The average Bonchev–Trinajstić information content (AvgIpc) is 2.52. The van der Waals surface area contributed by atoms with Gasteiger partial charge in [-0.15, -0.1) is 0 Å². The van der Waals surface area contributed by atoms with E-state index in [2.05, 4.69) is 10.6 Å². The first-order chi connectivity index (χ1) is 9.65. The van der Waals surface area contributed by atoms with Crippen LogP contribution in [0.2, 0.25) is 0 Å². The highest BCUT2D eigenvalue weighted by Gasteiger charge is 2.30. The molecule has 1 aliphatic heterocycles. The van der Waals surface area contributed by atoms with Crippen LogP contribution in [0.5, 0.6) is 0 Å². The van der Waals surface area contributed by atoms with Gasteiger partial charge in [-0.3, -0.25) is 4.79 Å². The van der Waals surface area contributed by atoms with Crippen molar-refractivity contribution in [2.24, 2.45) is 0 Å². The van der Waals surface area contributed by atoms with Crippen LogP contribution in [-0.4, -0.2) is 41.4 Å². The highest BCUT2D eigenvalue weighted by molar-refractivity contribution is 5.96. The van der Waals surface area contributed by atoms with Gasteiger partial charge >= 0.3 is 0 Å². The Morgan fingerprint density at radius 1 is 1.40 bits per heavy atom. The Morgan fingerprint density at radius 2 is 2.15 bits per heavy atom. The number of nitrogens with one attached hydrogen (secondary N) is 2. The van der Waals surface area contributed by atoms with Crippen LogP contribution in [0.3, 0.4) is 0 Å². The monoisotopic (exact) mass is 278 g/mol. The Balaban J connectivity index is 2.25. The van der Waals surface area contributed by atoms with E-state index in [0.717, 1.165) is 30.6 Å². The summed E-state index contributed by atoms with van der Waals surface area (Å²) in [5.74, 6) is -0.228. The maximum Gasteiger partial charge on any atom is 0.252 e. The number of aliphatic hydroxyl groups excluding tert-OH is 2. The molecule has 0 radical (unpaired) electrons. The standard InChI is InChI=1S/C15H22N2O3/c1-2-15(9-18,10-19)17-14(20)13-5-3-4-11-8-16-7-6-12(11)13/h3-5,16,18-19H,2,6-10H2,1H3,(H,17,20). The summed E-state index contributed by atoms with van der Waals surface area (Å²) < 4.78 is 0. The van der Waals surface area contributed by atoms with E-state index in [1.54, 1.807) is 6.07 Å². The molecule has 1 aromatic rings. The first-order valence-electron chi connectivity index (χ1n) is 7.01. The van der Waals surface area contributed by atoms with Gasteiger partial charge in [0.15, 0.2) is 0 Å². The van der Waals surface area contributed by atoms with E-state index < -0.39 is 5.54 Å². The molecule has 0 unspecified atom stereocenters. The van der Waals surface area contributed by atoms with Gasteiger partial charge in [0, 0.05) is 12.1 Å². The van der Waals surface area contributed by atoms with E-state index >= 15 is 0 Å². The smallest absolute Gasteiger partial charge is 0.252 e. The van der Waals surface area contributed by atoms with Gasteiger partial charge in [0.25, 0.3) is 5.91 Å². The second-order valence-electron chi connectivity index (χ2n) is 5.27. The van der Waals surface area contributed by atoms with Gasteiger partial charge in [0.2, 0.25) is 0 Å². The zero-order chi connectivity index (χ0) is 14.6. The van der Waals surface area contributed by atoms with Crippen molar-refractivity contribution >= 4 is 5.91 Å². The molecule has 1 aromatic carbocycles. The zero-order valence-electron chi connectivity index (χ0n) is 11.8. The van der Waals surface area contributed by atoms with Crippen molar-refractivity contribution in [1.29, 1.82) is 0 Å². The minimum atomic E-state index is -0.952. The molecule has 0 saturated heterocycles. The first kappa shape index (κ1) is 15.0. The Hall–Kier alpha value is -1.43. The molecule has 0 saturated carbocycles. The summed E-state index contributed by atoms with van der Waals surface area (Å²) in [6, 6.07) is 5.68. The summed E-state index contributed by atoms with van der Waals surface area (Å²) in [6.07, 6.45) is 1.29. The Kier molecular flexibility index (Phi) is 4.75. The fraction of sp³-hybridized carbons (Fsp3) is 0.533. The number of carbonyl (C=O) groups excluding carboxylic acids is 1. The largest absolute Gasteiger partial charge is 0.394 e. The molecule has 0 spiro atoms. The van der Waals surface area contributed by atoms with E-state index in [-0.39, 0.29) is 19.1 Å². The van der Waals surface area contributed by atoms with Crippen molar-refractivity contribution in [2.45, 2.75) is 31.8 Å². The van der Waals surface area contributed by atoms with Crippen molar-refractivity contribution in [1.82, 2.24) is 10.6 Å². The lowest BCUT2D eigenvalue weighted by Gasteiger charge is -2.30. The third-order valence-corrected chi connectivity index (χ3v) is 4.05. The van der Waals surface area contributed by atoms with Crippen molar-refractivity contribution in [2.75, 3.05) is 19.8 Å². The predicted molar refractivity (Wildman–Crippen MR) is 76.5 cm³/mol. The molecule has 0 aliphatic carbocycles. The van der Waals surface area contributed by atoms with Gasteiger partial charge in [0.1, 0.15) is 0 Å². The van der Waals surface area contributed by atoms with Crippen LogP contribution < -0.4 is 10.6 Å². The van der Waals surface area contributed by atoms with E-state index in [1.165, 1.54) is 0 Å². The summed E-state index contributed by atoms with van der Waals surface area (Å²) in [7, 11) is 0. The molecular formula is C15H22N2O3. The first-order valence-corrected chi connectivity index (χ1v) is 7.01. The summed E-state index contributed by atoms with van der Waals surface area (Å²) in [4.78, 5) is 12.5. The predicted octanol–water partition coefficient (Wildman–Crippen LogP) is 0.195. The van der Waals surface area contributed by atoms with Crippen LogP contribution in [0.15, 0.2) is 18.2 Å². The van der Waals surface area contributed by atoms with Gasteiger partial charge in [-0.05, 0) is 36.6 Å². The topological polar surface area (TPSA) is 81.6 Å². The van der Waals surface area contributed by atoms with E-state index in [0.29, 0.717) is 12.0 Å². The van der Waals surface area contributed by atoms with Crippen LogP contribution >= 0.6 is 0 Å². The quantitative estimate of drug-likeness (QED) is 0.620. The molecule has 20 heavy (non-hydrogen) atoms. The lowest BCUT2D eigenvalue weighted by molar-refractivity contribution is 0.0652. The van der Waals surface area contributed by atoms with Crippen molar-refractivity contribution in [3.05, 3.63) is 34.9 Å². The van der Waals surface area contributed by atoms with E-state index in [1.807, 2.05) is 19.1 Å². The number of amides is 1. The molecule has 5 nitrogen and oxygen atoms in total. The maximum atomic E-state index is 12.5. The lowest BCUT2D eigenvalue weighted by atomic mass is 9.93. The van der Waals surface area contributed by atoms with E-state index in [9.17, 15) is 15.0 Å². The number of fused-ring (bicyclic) bond motifs is 1. The SMILES string of the molecule is CCC(CO)(CO)NC(=O)c1cccc2c1CCNC2. The van der Waals surface area contributed by atoms with Crippen molar-refractivity contribution < 1.29 is 15.0 Å². The molecule has 1 heterocycles. The average molecular weight is 278 g/mol. The third kappa shape index (κ3) is 2.85. The molecule has 0 bridgehead atoms. The summed E-state index contributed by atoms with van der Waals surface area (Å²) >= 11 is 0. The molecule has 0 aromatic heterocycles. The van der Waals surface area contributed by atoms with Gasteiger partial charge in [0.05, 0.1) is 18.8 Å². The van der Waals surface area contributed by atoms with Crippen molar-refractivity contribution in [3.8, 4) is 0 Å². The number of hydrogen-bond donors (Lipinski definition) is 4. The molecule has 4 N–H and O–H groups in total. The Morgan fingerprint density at radius 3 is 2.80 bits per heavy atom.